The summed E-state index contributed by atoms with van der Waals surface area (Å²) in [5.41, 5.74) is 5.28. The van der Waals surface area contributed by atoms with Crippen LogP contribution in [0.1, 0.15) is 20.7 Å². The molecule has 0 bridgehead atoms. The number of rotatable bonds is 6. The zero-order valence-corrected chi connectivity index (χ0v) is 19.4. The highest BCUT2D eigenvalue weighted by Gasteiger charge is 2.11. The van der Waals surface area contributed by atoms with Crippen molar-refractivity contribution in [2.45, 2.75) is 0 Å². The first kappa shape index (κ1) is 22.7. The van der Waals surface area contributed by atoms with E-state index in [0.717, 1.165) is 22.3 Å². The molecule has 0 saturated heterocycles. The van der Waals surface area contributed by atoms with E-state index in [1.807, 2.05) is 84.9 Å². The van der Waals surface area contributed by atoms with Gasteiger partial charge in [-0.3, -0.25) is 9.59 Å². The lowest BCUT2D eigenvalue weighted by Gasteiger charge is -2.09. The molecule has 0 atom stereocenters. The number of nitrogens with one attached hydrogen (secondary N) is 2. The molecule has 5 nitrogen and oxygen atoms in total. The molecule has 0 aliphatic heterocycles. The third kappa shape index (κ3) is 5.37. The van der Waals surface area contributed by atoms with Crippen LogP contribution in [0.4, 0.5) is 11.6 Å². The third-order valence-electron chi connectivity index (χ3n) is 5.74. The van der Waals surface area contributed by atoms with Gasteiger partial charge in [0.25, 0.3) is 11.8 Å². The summed E-state index contributed by atoms with van der Waals surface area (Å²) in [6.07, 6.45) is 0. The molecule has 2 N–H and O–H groups in total. The predicted octanol–water partition coefficient (Wildman–Crippen LogP) is 6.92. The molecule has 0 radical (unpaired) electrons. The highest BCUT2D eigenvalue weighted by atomic mass is 16.2. The zero-order chi connectivity index (χ0) is 24.7. The first-order valence-electron chi connectivity index (χ1n) is 11.6. The van der Waals surface area contributed by atoms with Gasteiger partial charge >= 0.3 is 0 Å². The summed E-state index contributed by atoms with van der Waals surface area (Å²) >= 11 is 0. The van der Waals surface area contributed by atoms with Gasteiger partial charge in [0, 0.05) is 11.1 Å². The lowest BCUT2D eigenvalue weighted by Crippen LogP contribution is -2.15. The number of hydrogen-bond donors (Lipinski definition) is 2. The Bertz CT molecular complexity index is 1370. The van der Waals surface area contributed by atoms with Gasteiger partial charge < -0.3 is 10.6 Å². The average molecular weight is 470 g/mol. The van der Waals surface area contributed by atoms with E-state index in [4.69, 9.17) is 0 Å². The minimum Gasteiger partial charge on any atom is -0.306 e. The molecule has 5 rings (SSSR count). The summed E-state index contributed by atoms with van der Waals surface area (Å²) < 4.78 is 0. The van der Waals surface area contributed by atoms with E-state index in [-0.39, 0.29) is 11.8 Å². The van der Waals surface area contributed by atoms with Crippen molar-refractivity contribution in [2.24, 2.45) is 0 Å². The van der Waals surface area contributed by atoms with Gasteiger partial charge in [0.1, 0.15) is 11.6 Å². The molecule has 1 aromatic heterocycles. The first-order chi connectivity index (χ1) is 17.7. The van der Waals surface area contributed by atoms with Crippen molar-refractivity contribution in [1.29, 1.82) is 0 Å². The summed E-state index contributed by atoms with van der Waals surface area (Å²) in [6.45, 7) is 0. The van der Waals surface area contributed by atoms with Gasteiger partial charge in [0.05, 0.1) is 0 Å². The van der Waals surface area contributed by atoms with Crippen molar-refractivity contribution >= 4 is 23.5 Å². The van der Waals surface area contributed by atoms with E-state index in [0.29, 0.717) is 22.8 Å². The molecule has 2 amide bonds. The van der Waals surface area contributed by atoms with Crippen molar-refractivity contribution in [3.63, 3.8) is 0 Å². The van der Waals surface area contributed by atoms with Crippen LogP contribution in [0.5, 0.6) is 0 Å². The number of anilines is 2. The quantitative estimate of drug-likeness (QED) is 0.284. The lowest BCUT2D eigenvalue weighted by molar-refractivity contribution is 0.101. The Morgan fingerprint density at radius 2 is 0.778 bits per heavy atom. The molecule has 5 aromatic rings. The molecule has 36 heavy (non-hydrogen) atoms. The Morgan fingerprint density at radius 1 is 0.417 bits per heavy atom. The largest absolute Gasteiger partial charge is 0.306 e. The number of aromatic nitrogens is 1. The summed E-state index contributed by atoms with van der Waals surface area (Å²) in [5, 5.41) is 5.59. The van der Waals surface area contributed by atoms with Gasteiger partial charge in [-0.05, 0) is 58.7 Å². The molecule has 0 saturated carbocycles. The fourth-order valence-electron chi connectivity index (χ4n) is 3.84. The maximum Gasteiger partial charge on any atom is 0.256 e. The van der Waals surface area contributed by atoms with Gasteiger partial charge in [-0.25, -0.2) is 4.98 Å². The number of hydrogen-bond acceptors (Lipinski definition) is 3. The van der Waals surface area contributed by atoms with Crippen molar-refractivity contribution in [2.75, 3.05) is 10.6 Å². The van der Waals surface area contributed by atoms with Crippen molar-refractivity contribution in [1.82, 2.24) is 4.98 Å². The molecule has 0 unspecified atom stereocenters. The van der Waals surface area contributed by atoms with Crippen LogP contribution in [-0.2, 0) is 0 Å². The second-order valence-corrected chi connectivity index (χ2v) is 8.20. The normalized spacial score (nSPS) is 10.4. The second-order valence-electron chi connectivity index (χ2n) is 8.20. The number of amides is 2. The molecule has 0 aliphatic carbocycles. The highest BCUT2D eigenvalue weighted by molar-refractivity contribution is 6.05. The van der Waals surface area contributed by atoms with Gasteiger partial charge in [-0.15, -0.1) is 0 Å². The smallest absolute Gasteiger partial charge is 0.256 e. The maximum absolute atomic E-state index is 12.7. The first-order valence-corrected chi connectivity index (χ1v) is 11.6. The molecule has 0 spiro atoms. The Kier molecular flexibility index (Phi) is 6.63. The minimum atomic E-state index is -0.276. The standard InChI is InChI=1S/C31H23N3O2/c35-30(26-18-14-24(15-19-26)22-8-3-1-4-9-22)33-28-12-7-13-29(32-28)34-31(36)27-20-16-25(17-21-27)23-10-5-2-6-11-23/h1-21H,(H2,32,33,34,35,36). The van der Waals surface area contributed by atoms with Gasteiger partial charge in [-0.2, -0.15) is 0 Å². The molecular formula is C31H23N3O2. The van der Waals surface area contributed by atoms with Crippen LogP contribution in [0.2, 0.25) is 0 Å². The van der Waals surface area contributed by atoms with E-state index in [9.17, 15) is 9.59 Å². The molecule has 0 fully saturated rings. The van der Waals surface area contributed by atoms with Gasteiger partial charge in [0.15, 0.2) is 0 Å². The van der Waals surface area contributed by atoms with Crippen LogP contribution < -0.4 is 10.6 Å². The zero-order valence-electron chi connectivity index (χ0n) is 19.4. The minimum absolute atomic E-state index is 0.276. The van der Waals surface area contributed by atoms with Crippen LogP contribution in [0.3, 0.4) is 0 Å². The summed E-state index contributed by atoms with van der Waals surface area (Å²) in [6, 6.07) is 39.8. The molecule has 0 aliphatic rings. The summed E-state index contributed by atoms with van der Waals surface area (Å²) in [4.78, 5) is 29.8. The number of nitrogens with zero attached hydrogens (tertiary/aromatic N) is 1. The van der Waals surface area contributed by atoms with E-state index in [2.05, 4.69) is 15.6 Å². The second kappa shape index (κ2) is 10.5. The number of carbonyl (C=O) groups excluding carboxylic acids is 2. The molecule has 1 heterocycles. The lowest BCUT2D eigenvalue weighted by atomic mass is 10.0. The van der Waals surface area contributed by atoms with E-state index >= 15 is 0 Å². The number of benzene rings is 4. The molecule has 5 heteroatoms. The predicted molar refractivity (Wildman–Crippen MR) is 144 cm³/mol. The van der Waals surface area contributed by atoms with Gasteiger partial charge in [0.2, 0.25) is 0 Å². The fraction of sp³-hybridized carbons (Fsp3) is 0. The summed E-state index contributed by atoms with van der Waals surface area (Å²) in [5.74, 6) is 0.151. The highest BCUT2D eigenvalue weighted by Crippen LogP contribution is 2.21. The molecular weight excluding hydrogens is 446 g/mol. The Balaban J connectivity index is 1.23. The number of pyridine rings is 1. The van der Waals surface area contributed by atoms with Crippen molar-refractivity contribution in [3.05, 3.63) is 139 Å². The van der Waals surface area contributed by atoms with E-state index in [1.54, 1.807) is 42.5 Å². The number of carbonyl (C=O) groups is 2. The topological polar surface area (TPSA) is 71.1 Å². The van der Waals surface area contributed by atoms with Crippen LogP contribution in [0.25, 0.3) is 22.3 Å². The molecule has 4 aromatic carbocycles. The monoisotopic (exact) mass is 469 g/mol. The van der Waals surface area contributed by atoms with Gasteiger partial charge in [-0.1, -0.05) is 91.0 Å². The third-order valence-corrected chi connectivity index (χ3v) is 5.74. The van der Waals surface area contributed by atoms with E-state index in [1.165, 1.54) is 0 Å². The average Bonchev–Trinajstić information content (AvgIpc) is 2.94. The van der Waals surface area contributed by atoms with E-state index < -0.39 is 0 Å². The SMILES string of the molecule is O=C(Nc1cccc(NC(=O)c2ccc(-c3ccccc3)cc2)n1)c1ccc(-c2ccccc2)cc1. The van der Waals surface area contributed by atoms with Crippen molar-refractivity contribution < 1.29 is 9.59 Å². The Hall–Kier alpha value is -5.03. The Morgan fingerprint density at radius 3 is 1.17 bits per heavy atom. The van der Waals surface area contributed by atoms with Crippen molar-refractivity contribution in [3.8, 4) is 22.3 Å². The maximum atomic E-state index is 12.7. The Labute approximate surface area is 209 Å². The molecule has 174 valence electrons. The van der Waals surface area contributed by atoms with Crippen LogP contribution in [0, 0.1) is 0 Å². The van der Waals surface area contributed by atoms with Crippen LogP contribution >= 0.6 is 0 Å². The fourth-order valence-corrected chi connectivity index (χ4v) is 3.84. The summed E-state index contributed by atoms with van der Waals surface area (Å²) in [7, 11) is 0. The van der Waals surface area contributed by atoms with Crippen LogP contribution in [0.15, 0.2) is 127 Å². The van der Waals surface area contributed by atoms with Crippen LogP contribution in [-0.4, -0.2) is 16.8 Å².